The van der Waals surface area contributed by atoms with Crippen LogP contribution in [0.4, 0.5) is 5.69 Å². The van der Waals surface area contributed by atoms with Crippen molar-refractivity contribution in [2.24, 2.45) is 0 Å². The van der Waals surface area contributed by atoms with E-state index >= 15 is 0 Å². The van der Waals surface area contributed by atoms with Crippen molar-refractivity contribution in [1.82, 2.24) is 9.88 Å². The van der Waals surface area contributed by atoms with Gasteiger partial charge in [-0.05, 0) is 29.8 Å². The van der Waals surface area contributed by atoms with Gasteiger partial charge in [-0.1, -0.05) is 42.5 Å². The van der Waals surface area contributed by atoms with Crippen molar-refractivity contribution in [2.45, 2.75) is 6.54 Å². The lowest BCUT2D eigenvalue weighted by molar-refractivity contribution is 0.0342. The lowest BCUT2D eigenvalue weighted by Gasteiger charge is -2.26. The highest BCUT2D eigenvalue weighted by Crippen LogP contribution is 2.34. The highest BCUT2D eigenvalue weighted by Gasteiger charge is 2.21. The monoisotopic (exact) mass is 445 g/mol. The van der Waals surface area contributed by atoms with Crippen LogP contribution in [0.25, 0.3) is 22.0 Å². The number of rotatable bonds is 6. The summed E-state index contributed by atoms with van der Waals surface area (Å²) >= 11 is 1.33. The van der Waals surface area contributed by atoms with E-state index in [4.69, 9.17) is 14.1 Å². The topological polar surface area (TPSA) is 67.6 Å². The number of anilines is 1. The van der Waals surface area contributed by atoms with Gasteiger partial charge in [0.05, 0.1) is 25.2 Å². The van der Waals surface area contributed by atoms with Crippen LogP contribution in [0.3, 0.4) is 0 Å². The third kappa shape index (κ3) is 4.65. The van der Waals surface area contributed by atoms with Gasteiger partial charge in [-0.25, -0.2) is 4.98 Å². The Morgan fingerprint density at radius 2 is 1.88 bits per heavy atom. The second kappa shape index (κ2) is 9.48. The van der Waals surface area contributed by atoms with Gasteiger partial charge in [-0.3, -0.25) is 9.69 Å². The molecule has 5 rings (SSSR count). The predicted molar refractivity (Wildman–Crippen MR) is 126 cm³/mol. The van der Waals surface area contributed by atoms with E-state index in [0.29, 0.717) is 21.3 Å². The van der Waals surface area contributed by atoms with Crippen molar-refractivity contribution in [3.63, 3.8) is 0 Å². The van der Waals surface area contributed by atoms with Crippen LogP contribution in [0, 0.1) is 0 Å². The molecule has 4 aromatic rings. The van der Waals surface area contributed by atoms with Crippen molar-refractivity contribution >= 4 is 22.9 Å². The number of benzene rings is 2. The molecule has 1 saturated heterocycles. The van der Waals surface area contributed by atoms with E-state index < -0.39 is 0 Å². The summed E-state index contributed by atoms with van der Waals surface area (Å²) in [5.74, 6) is 0.474. The molecule has 0 unspecified atom stereocenters. The van der Waals surface area contributed by atoms with Crippen molar-refractivity contribution in [3.05, 3.63) is 83.4 Å². The highest BCUT2D eigenvalue weighted by molar-refractivity contribution is 7.17. The molecule has 0 radical (unpaired) electrons. The smallest absolute Gasteiger partial charge is 0.268 e. The Morgan fingerprint density at radius 1 is 1.03 bits per heavy atom. The maximum absolute atomic E-state index is 13.3. The number of thiazole rings is 1. The molecule has 1 fully saturated rings. The Labute approximate surface area is 190 Å². The summed E-state index contributed by atoms with van der Waals surface area (Å²) in [5.41, 5.74) is 3.48. The molecule has 7 heteroatoms. The van der Waals surface area contributed by atoms with Crippen LogP contribution in [-0.2, 0) is 11.3 Å². The first-order valence-corrected chi connectivity index (χ1v) is 11.4. The van der Waals surface area contributed by atoms with Crippen LogP contribution in [0.1, 0.15) is 15.2 Å². The Morgan fingerprint density at radius 3 is 2.66 bits per heavy atom. The summed E-state index contributed by atoms with van der Waals surface area (Å²) in [6.07, 6.45) is 1.61. The van der Waals surface area contributed by atoms with Crippen LogP contribution >= 0.6 is 11.3 Å². The van der Waals surface area contributed by atoms with Crippen LogP contribution in [0.15, 0.2) is 77.4 Å². The third-order valence-electron chi connectivity index (χ3n) is 5.31. The highest BCUT2D eigenvalue weighted by atomic mass is 32.1. The second-order valence-corrected chi connectivity index (χ2v) is 8.58. The Kier molecular flexibility index (Phi) is 6.11. The summed E-state index contributed by atoms with van der Waals surface area (Å²) in [7, 11) is 0. The van der Waals surface area contributed by atoms with Crippen LogP contribution in [-0.4, -0.2) is 42.1 Å². The standard InChI is InChI=1S/C25H23N3O3S/c29-24(26-20-9-4-6-18(16-20)17-28-11-14-30-15-12-28)23-22(19-7-2-1-3-8-19)27-25(32-23)21-10-5-13-31-21/h1-10,13,16H,11-12,14-15,17H2,(H,26,29). The summed E-state index contributed by atoms with van der Waals surface area (Å²) in [6.45, 7) is 4.22. The van der Waals surface area contributed by atoms with Crippen molar-refractivity contribution in [3.8, 4) is 22.0 Å². The molecule has 1 aliphatic heterocycles. The number of nitrogens with one attached hydrogen (secondary N) is 1. The molecule has 2 aromatic heterocycles. The van der Waals surface area contributed by atoms with E-state index in [1.165, 1.54) is 11.3 Å². The van der Waals surface area contributed by atoms with E-state index in [2.05, 4.69) is 16.3 Å². The molecule has 1 N–H and O–H groups in total. The minimum atomic E-state index is -0.178. The molecule has 1 aliphatic rings. The van der Waals surface area contributed by atoms with Gasteiger partial charge in [0.15, 0.2) is 10.8 Å². The average molecular weight is 446 g/mol. The van der Waals surface area contributed by atoms with Gasteiger partial charge in [0.2, 0.25) is 0 Å². The van der Waals surface area contributed by atoms with Gasteiger partial charge in [-0.15, -0.1) is 11.3 Å². The number of aromatic nitrogens is 1. The first kappa shape index (κ1) is 20.6. The van der Waals surface area contributed by atoms with Crippen LogP contribution < -0.4 is 5.32 Å². The molecule has 0 bridgehead atoms. The lowest BCUT2D eigenvalue weighted by Crippen LogP contribution is -2.35. The van der Waals surface area contributed by atoms with Crippen LogP contribution in [0.2, 0.25) is 0 Å². The van der Waals surface area contributed by atoms with E-state index in [9.17, 15) is 4.79 Å². The molecule has 0 spiro atoms. The number of morpholine rings is 1. The Hall–Kier alpha value is -3.26. The number of amides is 1. The summed E-state index contributed by atoms with van der Waals surface area (Å²) in [5, 5.41) is 3.74. The third-order valence-corrected chi connectivity index (χ3v) is 6.38. The van der Waals surface area contributed by atoms with Gasteiger partial charge in [0.1, 0.15) is 4.88 Å². The molecule has 0 atom stereocenters. The van der Waals surface area contributed by atoms with Crippen molar-refractivity contribution in [1.29, 1.82) is 0 Å². The number of carbonyl (C=O) groups is 1. The zero-order valence-corrected chi connectivity index (χ0v) is 18.3. The van der Waals surface area contributed by atoms with E-state index in [1.54, 1.807) is 6.26 Å². The van der Waals surface area contributed by atoms with E-state index in [0.717, 1.165) is 49.7 Å². The van der Waals surface area contributed by atoms with Crippen LogP contribution in [0.5, 0.6) is 0 Å². The number of ether oxygens (including phenoxy) is 1. The Bertz CT molecular complexity index is 1180. The molecular weight excluding hydrogens is 422 g/mol. The summed E-state index contributed by atoms with van der Waals surface area (Å²) < 4.78 is 10.9. The normalized spacial score (nSPS) is 14.4. The second-order valence-electron chi connectivity index (χ2n) is 7.58. The molecule has 32 heavy (non-hydrogen) atoms. The fourth-order valence-corrected chi connectivity index (χ4v) is 4.68. The Balaban J connectivity index is 1.40. The first-order valence-electron chi connectivity index (χ1n) is 10.6. The number of carbonyl (C=O) groups excluding carboxylic acids is 1. The zero-order chi connectivity index (χ0) is 21.8. The summed E-state index contributed by atoms with van der Waals surface area (Å²) in [6, 6.07) is 21.4. The van der Waals surface area contributed by atoms with E-state index in [-0.39, 0.29) is 5.91 Å². The molecule has 3 heterocycles. The SMILES string of the molecule is O=C(Nc1cccc(CN2CCOCC2)c1)c1sc(-c2ccco2)nc1-c1ccccc1. The fourth-order valence-electron chi connectivity index (χ4n) is 3.72. The predicted octanol–water partition coefficient (Wildman–Crippen LogP) is 5.15. The van der Waals surface area contributed by atoms with E-state index in [1.807, 2.05) is 60.7 Å². The molecule has 162 valence electrons. The maximum Gasteiger partial charge on any atom is 0.268 e. The molecule has 2 aromatic carbocycles. The molecule has 6 nitrogen and oxygen atoms in total. The number of nitrogens with zero attached hydrogens (tertiary/aromatic N) is 2. The largest absolute Gasteiger partial charge is 0.462 e. The number of furan rings is 1. The zero-order valence-electron chi connectivity index (χ0n) is 17.5. The minimum absolute atomic E-state index is 0.178. The molecule has 0 saturated carbocycles. The van der Waals surface area contributed by atoms with Gasteiger partial charge in [-0.2, -0.15) is 0 Å². The maximum atomic E-state index is 13.3. The number of hydrogen-bond acceptors (Lipinski definition) is 6. The minimum Gasteiger partial charge on any atom is -0.462 e. The molecule has 0 aliphatic carbocycles. The lowest BCUT2D eigenvalue weighted by atomic mass is 10.1. The van der Waals surface area contributed by atoms with Gasteiger partial charge in [0.25, 0.3) is 5.91 Å². The fraction of sp³-hybridized carbons (Fsp3) is 0.200. The quantitative estimate of drug-likeness (QED) is 0.444. The van der Waals surface area contributed by atoms with Gasteiger partial charge >= 0.3 is 0 Å². The average Bonchev–Trinajstić information content (AvgIpc) is 3.51. The van der Waals surface area contributed by atoms with Crippen molar-refractivity contribution in [2.75, 3.05) is 31.6 Å². The first-order chi connectivity index (χ1) is 15.8. The van der Waals surface area contributed by atoms with Crippen molar-refractivity contribution < 1.29 is 13.9 Å². The van der Waals surface area contributed by atoms with Gasteiger partial charge in [0, 0.05) is 30.9 Å². The summed E-state index contributed by atoms with van der Waals surface area (Å²) in [4.78, 5) is 20.9. The molecule has 1 amide bonds. The molecular formula is C25H23N3O3S. The van der Waals surface area contributed by atoms with Gasteiger partial charge < -0.3 is 14.5 Å². The number of hydrogen-bond donors (Lipinski definition) is 1.